The van der Waals surface area contributed by atoms with Crippen LogP contribution in [0.1, 0.15) is 55.0 Å². The summed E-state index contributed by atoms with van der Waals surface area (Å²) in [5, 5.41) is 9.31. The summed E-state index contributed by atoms with van der Waals surface area (Å²) in [6, 6.07) is 8.76. The van der Waals surface area contributed by atoms with Crippen molar-refractivity contribution in [2.24, 2.45) is 0 Å². The van der Waals surface area contributed by atoms with Crippen LogP contribution in [0, 0.1) is 13.8 Å². The molecule has 1 aromatic carbocycles. The molecule has 1 N–H and O–H groups in total. The van der Waals surface area contributed by atoms with Crippen molar-refractivity contribution in [1.29, 1.82) is 0 Å². The van der Waals surface area contributed by atoms with E-state index in [-0.39, 0.29) is 0 Å². The quantitative estimate of drug-likeness (QED) is 0.111. The average Bonchev–Trinajstić information content (AvgIpc) is 3.46. The lowest BCUT2D eigenvalue weighted by molar-refractivity contribution is 0.0500. The first-order chi connectivity index (χ1) is 19.6. The van der Waals surface area contributed by atoms with E-state index in [1.807, 2.05) is 61.5 Å². The number of fused-ring (bicyclic) bond motifs is 1. The van der Waals surface area contributed by atoms with Gasteiger partial charge in [0.25, 0.3) is 0 Å². The number of rotatable bonds is 11. The maximum Gasteiger partial charge on any atom is 0.408 e. The minimum atomic E-state index is -1.15. The summed E-state index contributed by atoms with van der Waals surface area (Å²) in [6.45, 7) is 18.3. The number of ether oxygens (including phenoxy) is 2. The number of carbonyl (C=O) groups excluding carboxylic acids is 1. The lowest BCUT2D eigenvalue weighted by atomic mass is 10.0. The zero-order chi connectivity index (χ0) is 30.7. The molecule has 0 aliphatic rings. The van der Waals surface area contributed by atoms with Crippen LogP contribution in [0.25, 0.3) is 10.9 Å². The predicted octanol–water partition coefficient (Wildman–Crippen LogP) is 7.07. The van der Waals surface area contributed by atoms with E-state index in [0.29, 0.717) is 24.8 Å². The molecule has 3 heterocycles. The van der Waals surface area contributed by atoms with Gasteiger partial charge >= 0.3 is 6.09 Å². The summed E-state index contributed by atoms with van der Waals surface area (Å²) in [4.78, 5) is 21.9. The number of carbonyl (C=O) groups is 1. The van der Waals surface area contributed by atoms with E-state index in [9.17, 15) is 4.79 Å². The number of aromatic nitrogens is 5. The van der Waals surface area contributed by atoms with Crippen LogP contribution in [0.5, 0.6) is 0 Å². The number of amides is 1. The summed E-state index contributed by atoms with van der Waals surface area (Å²) in [5.41, 5.74) is 4.27. The summed E-state index contributed by atoms with van der Waals surface area (Å²) in [6.07, 6.45) is 5.69. The number of nitrogens with zero attached hydrogens (tertiary/aromatic N) is 5. The molecule has 0 saturated heterocycles. The second kappa shape index (κ2) is 13.0. The number of hydrogen-bond acceptors (Lipinski definition) is 6. The van der Waals surface area contributed by atoms with Gasteiger partial charge in [0.1, 0.15) is 23.3 Å². The smallest absolute Gasteiger partial charge is 0.408 e. The third-order valence-corrected chi connectivity index (χ3v) is 8.55. The Morgan fingerprint density at radius 1 is 1.12 bits per heavy atom. The molecule has 9 nitrogen and oxygen atoms in total. The molecule has 0 radical (unpaired) electrons. The Bertz CT molecular complexity index is 1520. The first kappa shape index (κ1) is 31.7. The minimum Gasteiger partial charge on any atom is -0.444 e. The highest BCUT2D eigenvalue weighted by atomic mass is 35.5. The number of hydrogen-bond donors (Lipinski definition) is 1. The molecule has 0 fully saturated rings. The largest absolute Gasteiger partial charge is 0.444 e. The van der Waals surface area contributed by atoms with Gasteiger partial charge in [-0.2, -0.15) is 5.10 Å². The predicted molar refractivity (Wildman–Crippen MR) is 170 cm³/mol. The second-order valence-electron chi connectivity index (χ2n) is 13.1. The van der Waals surface area contributed by atoms with E-state index in [0.717, 1.165) is 51.8 Å². The highest BCUT2D eigenvalue weighted by Crippen LogP contribution is 2.25. The molecule has 1 amide bonds. The molecule has 4 rings (SSSR count). The van der Waals surface area contributed by atoms with E-state index in [1.54, 1.807) is 6.20 Å². The van der Waals surface area contributed by atoms with Crippen molar-refractivity contribution < 1.29 is 14.3 Å². The standard InChI is InChI=1S/C31H43ClN6O3Si/c1-21-13-23(15-25-19-38(36-28(21)25)20-40-11-12-42(6,7)8)16-26(35-30(39)41-31(3,4)5)29-33-9-10-37(29)18-24-14-22(2)34-27(32)17-24/h9-10,13-15,17,19,26H,11-12,16,18,20H2,1-8H3,(H,35,39). The van der Waals surface area contributed by atoms with Crippen LogP contribution in [-0.2, 0) is 29.2 Å². The molecule has 1 unspecified atom stereocenters. The van der Waals surface area contributed by atoms with Gasteiger partial charge in [-0.1, -0.05) is 37.3 Å². The van der Waals surface area contributed by atoms with Crippen LogP contribution < -0.4 is 5.32 Å². The Labute approximate surface area is 254 Å². The van der Waals surface area contributed by atoms with Gasteiger partial charge in [0.15, 0.2) is 0 Å². The third-order valence-electron chi connectivity index (χ3n) is 6.65. The Balaban J connectivity index is 1.59. The molecular formula is C31H43ClN6O3Si. The molecule has 0 aliphatic carbocycles. The summed E-state index contributed by atoms with van der Waals surface area (Å²) in [7, 11) is -1.15. The molecule has 0 spiro atoms. The normalized spacial score (nSPS) is 13.0. The third kappa shape index (κ3) is 9.14. The van der Waals surface area contributed by atoms with Crippen molar-refractivity contribution in [2.75, 3.05) is 6.61 Å². The van der Waals surface area contributed by atoms with Gasteiger partial charge < -0.3 is 19.4 Å². The van der Waals surface area contributed by atoms with Crippen LogP contribution in [0.15, 0.2) is 42.9 Å². The van der Waals surface area contributed by atoms with Gasteiger partial charge in [0.2, 0.25) is 0 Å². The fourth-order valence-electron chi connectivity index (χ4n) is 4.80. The topological polar surface area (TPSA) is 96.1 Å². The number of alkyl carbamates (subject to hydrolysis) is 1. The molecule has 42 heavy (non-hydrogen) atoms. The van der Waals surface area contributed by atoms with Crippen molar-refractivity contribution in [3.05, 3.63) is 76.2 Å². The van der Waals surface area contributed by atoms with Crippen LogP contribution in [0.4, 0.5) is 4.79 Å². The first-order valence-corrected chi connectivity index (χ1v) is 18.4. The summed E-state index contributed by atoms with van der Waals surface area (Å²) < 4.78 is 15.4. The maximum atomic E-state index is 13.0. The van der Waals surface area contributed by atoms with Gasteiger partial charge in [-0.05, 0) is 75.6 Å². The van der Waals surface area contributed by atoms with Crippen molar-refractivity contribution in [1.82, 2.24) is 29.6 Å². The van der Waals surface area contributed by atoms with Crippen molar-refractivity contribution in [3.63, 3.8) is 0 Å². The SMILES string of the molecule is Cc1cc(Cn2ccnc2C(Cc2cc(C)c3nn(COCC[Si](C)(C)C)cc3c2)NC(=O)OC(C)(C)C)cc(Cl)n1. The summed E-state index contributed by atoms with van der Waals surface area (Å²) in [5.74, 6) is 0.718. The molecule has 0 bridgehead atoms. The fourth-order valence-corrected chi connectivity index (χ4v) is 5.83. The first-order valence-electron chi connectivity index (χ1n) is 14.3. The Hall–Kier alpha value is -3.21. The van der Waals surface area contributed by atoms with Crippen LogP contribution in [-0.4, -0.2) is 50.7 Å². The highest BCUT2D eigenvalue weighted by molar-refractivity contribution is 6.76. The number of aryl methyl sites for hydroxylation is 2. The summed E-state index contributed by atoms with van der Waals surface area (Å²) >= 11 is 6.23. The zero-order valence-corrected chi connectivity index (χ0v) is 27.7. The number of nitrogens with one attached hydrogen (secondary N) is 1. The lowest BCUT2D eigenvalue weighted by Crippen LogP contribution is -2.37. The second-order valence-corrected chi connectivity index (χ2v) is 19.1. The molecule has 226 valence electrons. The molecule has 0 aliphatic heterocycles. The molecule has 0 saturated carbocycles. The van der Waals surface area contributed by atoms with Crippen LogP contribution in [0.2, 0.25) is 30.8 Å². The number of benzene rings is 1. The molecule has 1 atom stereocenters. The van der Waals surface area contributed by atoms with Gasteiger partial charge in [0.05, 0.1) is 11.6 Å². The van der Waals surface area contributed by atoms with Gasteiger partial charge in [0, 0.05) is 57.3 Å². The number of imidazole rings is 1. The molecule has 3 aromatic heterocycles. The van der Waals surface area contributed by atoms with Crippen molar-refractivity contribution >= 4 is 36.7 Å². The van der Waals surface area contributed by atoms with E-state index in [1.165, 1.54) is 0 Å². The minimum absolute atomic E-state index is 0.423. The van der Waals surface area contributed by atoms with E-state index < -0.39 is 25.8 Å². The lowest BCUT2D eigenvalue weighted by Gasteiger charge is -2.24. The number of pyridine rings is 1. The fraction of sp³-hybridized carbons (Fsp3) is 0.484. The van der Waals surface area contributed by atoms with E-state index in [4.69, 9.17) is 26.2 Å². The van der Waals surface area contributed by atoms with Crippen LogP contribution in [0.3, 0.4) is 0 Å². The van der Waals surface area contributed by atoms with Gasteiger partial charge in [-0.25, -0.2) is 19.4 Å². The zero-order valence-electron chi connectivity index (χ0n) is 26.0. The Kier molecular flexibility index (Phi) is 9.80. The van der Waals surface area contributed by atoms with Gasteiger partial charge in [-0.3, -0.25) is 0 Å². The number of halogens is 1. The molecule has 4 aromatic rings. The highest BCUT2D eigenvalue weighted by Gasteiger charge is 2.25. The van der Waals surface area contributed by atoms with Crippen molar-refractivity contribution in [2.45, 2.75) is 91.6 Å². The van der Waals surface area contributed by atoms with E-state index >= 15 is 0 Å². The van der Waals surface area contributed by atoms with Crippen molar-refractivity contribution in [3.8, 4) is 0 Å². The molecule has 11 heteroatoms. The van der Waals surface area contributed by atoms with Gasteiger partial charge in [-0.15, -0.1) is 0 Å². The van der Waals surface area contributed by atoms with Crippen LogP contribution >= 0.6 is 11.6 Å². The molecular weight excluding hydrogens is 568 g/mol. The Morgan fingerprint density at radius 3 is 2.57 bits per heavy atom. The monoisotopic (exact) mass is 610 g/mol. The van der Waals surface area contributed by atoms with E-state index in [2.05, 4.69) is 54.0 Å². The maximum absolute atomic E-state index is 13.0. The average molecular weight is 611 g/mol. The Morgan fingerprint density at radius 2 is 1.88 bits per heavy atom.